The Bertz CT molecular complexity index is 1180. The maximum Gasteiger partial charge on any atom is 0.336 e. The normalized spacial score (nSPS) is 11.0. The van der Waals surface area contributed by atoms with Crippen LogP contribution in [0.15, 0.2) is 64.6 Å². The smallest absolute Gasteiger partial charge is 0.336 e. The molecule has 1 amide bonds. The van der Waals surface area contributed by atoms with Gasteiger partial charge in [-0.2, -0.15) is 5.26 Å². The van der Waals surface area contributed by atoms with Crippen LogP contribution in [0.2, 0.25) is 10.0 Å². The number of carboxylic acid groups (broad SMARTS) is 1. The lowest BCUT2D eigenvalue weighted by molar-refractivity contribution is -0.112. The van der Waals surface area contributed by atoms with Gasteiger partial charge in [-0.05, 0) is 36.4 Å². The van der Waals surface area contributed by atoms with Crippen LogP contribution in [0.25, 0.3) is 17.4 Å². The topological polar surface area (TPSA) is 103 Å². The first kappa shape index (κ1) is 20.2. The molecule has 0 spiro atoms. The number of nitrogens with zero attached hydrogens (tertiary/aromatic N) is 1. The fourth-order valence-corrected chi connectivity index (χ4v) is 2.82. The molecule has 0 aliphatic heterocycles. The van der Waals surface area contributed by atoms with Crippen molar-refractivity contribution in [3.05, 3.63) is 81.5 Å². The molecule has 144 valence electrons. The van der Waals surface area contributed by atoms with Gasteiger partial charge in [0.1, 0.15) is 23.2 Å². The monoisotopic (exact) mass is 426 g/mol. The SMILES string of the molecule is N#C/C(=C\c1ccc(-c2ccccc2C(=O)O)o1)C(=O)Nc1ccc(Cl)c(Cl)c1. The molecule has 1 heterocycles. The Kier molecular flexibility index (Phi) is 6.03. The van der Waals surface area contributed by atoms with Crippen molar-refractivity contribution in [2.24, 2.45) is 0 Å². The molecule has 0 radical (unpaired) electrons. The maximum absolute atomic E-state index is 12.4. The average molecular weight is 427 g/mol. The van der Waals surface area contributed by atoms with Gasteiger partial charge in [-0.25, -0.2) is 4.79 Å². The quantitative estimate of drug-likeness (QED) is 0.414. The Morgan fingerprint density at radius 3 is 2.52 bits per heavy atom. The predicted molar refractivity (Wildman–Crippen MR) is 110 cm³/mol. The second-order valence-corrected chi connectivity index (χ2v) is 6.62. The number of rotatable bonds is 5. The van der Waals surface area contributed by atoms with Crippen molar-refractivity contribution >= 4 is 46.8 Å². The number of carboxylic acids is 1. The minimum absolute atomic E-state index is 0.0789. The number of aromatic carboxylic acids is 1. The fourth-order valence-electron chi connectivity index (χ4n) is 2.52. The van der Waals surface area contributed by atoms with Gasteiger partial charge in [-0.1, -0.05) is 41.4 Å². The molecular weight excluding hydrogens is 415 g/mol. The van der Waals surface area contributed by atoms with Gasteiger partial charge in [-0.15, -0.1) is 0 Å². The summed E-state index contributed by atoms with van der Waals surface area (Å²) >= 11 is 11.8. The number of carbonyl (C=O) groups is 2. The van der Waals surface area contributed by atoms with E-state index >= 15 is 0 Å². The fraction of sp³-hybridized carbons (Fsp3) is 0. The average Bonchev–Trinajstić information content (AvgIpc) is 3.17. The van der Waals surface area contributed by atoms with Crippen molar-refractivity contribution in [1.82, 2.24) is 0 Å². The van der Waals surface area contributed by atoms with Crippen molar-refractivity contribution in [2.75, 3.05) is 5.32 Å². The largest absolute Gasteiger partial charge is 0.478 e. The van der Waals surface area contributed by atoms with Crippen molar-refractivity contribution < 1.29 is 19.1 Å². The van der Waals surface area contributed by atoms with Gasteiger partial charge >= 0.3 is 5.97 Å². The highest BCUT2D eigenvalue weighted by Crippen LogP contribution is 2.28. The van der Waals surface area contributed by atoms with Crippen LogP contribution in [0.4, 0.5) is 5.69 Å². The zero-order valence-corrected chi connectivity index (χ0v) is 16.2. The highest BCUT2D eigenvalue weighted by Gasteiger charge is 2.15. The summed E-state index contributed by atoms with van der Waals surface area (Å²) in [6, 6.07) is 15.8. The highest BCUT2D eigenvalue weighted by atomic mass is 35.5. The standard InChI is InChI=1S/C21H12Cl2N2O4/c22-17-7-5-13(10-18(17)23)25-20(26)12(11-24)9-14-6-8-19(29-14)15-3-1-2-4-16(15)21(27)28/h1-10H,(H,25,26)(H,27,28)/b12-9+. The first-order valence-electron chi connectivity index (χ1n) is 8.20. The summed E-state index contributed by atoms with van der Waals surface area (Å²) in [5.74, 6) is -1.22. The van der Waals surface area contributed by atoms with Crippen molar-refractivity contribution in [3.8, 4) is 17.4 Å². The third-order valence-electron chi connectivity index (χ3n) is 3.88. The van der Waals surface area contributed by atoms with Crippen LogP contribution in [0.3, 0.4) is 0 Å². The van der Waals surface area contributed by atoms with Crippen LogP contribution in [0.5, 0.6) is 0 Å². The van der Waals surface area contributed by atoms with Gasteiger partial charge < -0.3 is 14.8 Å². The number of nitrogens with one attached hydrogen (secondary N) is 1. The van der Waals surface area contributed by atoms with E-state index in [1.165, 1.54) is 30.3 Å². The van der Waals surface area contributed by atoms with Gasteiger partial charge in [0.2, 0.25) is 0 Å². The number of hydrogen-bond donors (Lipinski definition) is 2. The molecule has 3 aromatic rings. The number of anilines is 1. The molecule has 6 nitrogen and oxygen atoms in total. The van der Waals surface area contributed by atoms with Crippen LogP contribution in [0.1, 0.15) is 16.1 Å². The number of benzene rings is 2. The molecule has 0 atom stereocenters. The minimum Gasteiger partial charge on any atom is -0.478 e. The van der Waals surface area contributed by atoms with E-state index in [4.69, 9.17) is 27.6 Å². The minimum atomic E-state index is -1.09. The van der Waals surface area contributed by atoms with E-state index in [9.17, 15) is 20.0 Å². The molecule has 8 heteroatoms. The second kappa shape index (κ2) is 8.65. The van der Waals surface area contributed by atoms with Gasteiger partial charge in [0.15, 0.2) is 0 Å². The molecule has 3 rings (SSSR count). The Morgan fingerprint density at radius 2 is 1.83 bits per heavy atom. The maximum atomic E-state index is 12.4. The Labute approximate surface area is 175 Å². The van der Waals surface area contributed by atoms with Gasteiger partial charge in [0.25, 0.3) is 5.91 Å². The van der Waals surface area contributed by atoms with E-state index in [1.54, 1.807) is 30.3 Å². The van der Waals surface area contributed by atoms with Gasteiger partial charge in [-0.3, -0.25) is 4.79 Å². The third-order valence-corrected chi connectivity index (χ3v) is 4.62. The van der Waals surface area contributed by atoms with E-state index in [2.05, 4.69) is 5.32 Å². The van der Waals surface area contributed by atoms with Crippen molar-refractivity contribution in [2.45, 2.75) is 0 Å². The first-order valence-corrected chi connectivity index (χ1v) is 8.95. The molecule has 2 N–H and O–H groups in total. The predicted octanol–water partition coefficient (Wildman–Crippen LogP) is 5.50. The molecule has 0 saturated heterocycles. The van der Waals surface area contributed by atoms with E-state index < -0.39 is 11.9 Å². The molecule has 2 aromatic carbocycles. The lowest BCUT2D eigenvalue weighted by Gasteiger charge is -2.05. The highest BCUT2D eigenvalue weighted by molar-refractivity contribution is 6.42. The van der Waals surface area contributed by atoms with Crippen LogP contribution in [-0.4, -0.2) is 17.0 Å². The summed E-state index contributed by atoms with van der Waals surface area (Å²) in [5, 5.41) is 21.8. The summed E-state index contributed by atoms with van der Waals surface area (Å²) in [6.45, 7) is 0. The summed E-state index contributed by atoms with van der Waals surface area (Å²) < 4.78 is 5.62. The van der Waals surface area contributed by atoms with E-state index in [0.717, 1.165) is 0 Å². The number of hydrogen-bond acceptors (Lipinski definition) is 4. The number of halogens is 2. The molecule has 0 aliphatic rings. The van der Waals surface area contributed by atoms with Crippen LogP contribution in [0, 0.1) is 11.3 Å². The van der Waals surface area contributed by atoms with Crippen LogP contribution in [-0.2, 0) is 4.79 Å². The first-order chi connectivity index (χ1) is 13.9. The van der Waals surface area contributed by atoms with Gasteiger partial charge in [0.05, 0.1) is 15.6 Å². The molecule has 0 bridgehead atoms. The van der Waals surface area contributed by atoms with E-state index in [1.807, 2.05) is 6.07 Å². The number of furan rings is 1. The molecule has 0 unspecified atom stereocenters. The zero-order chi connectivity index (χ0) is 21.0. The number of carbonyl (C=O) groups excluding carboxylic acids is 1. The molecule has 0 aliphatic carbocycles. The number of nitriles is 1. The Hall–Kier alpha value is -3.53. The van der Waals surface area contributed by atoms with E-state index in [0.29, 0.717) is 22.0 Å². The number of amides is 1. The lowest BCUT2D eigenvalue weighted by Crippen LogP contribution is -2.13. The Balaban J connectivity index is 1.85. The molecule has 29 heavy (non-hydrogen) atoms. The summed E-state index contributed by atoms with van der Waals surface area (Å²) in [7, 11) is 0. The van der Waals surface area contributed by atoms with Gasteiger partial charge in [0, 0.05) is 17.3 Å². The van der Waals surface area contributed by atoms with Crippen molar-refractivity contribution in [3.63, 3.8) is 0 Å². The lowest BCUT2D eigenvalue weighted by atomic mass is 10.1. The van der Waals surface area contributed by atoms with E-state index in [-0.39, 0.29) is 21.9 Å². The molecule has 0 fully saturated rings. The van der Waals surface area contributed by atoms with Crippen LogP contribution >= 0.6 is 23.2 Å². The second-order valence-electron chi connectivity index (χ2n) is 5.81. The third kappa shape index (κ3) is 4.66. The zero-order valence-electron chi connectivity index (χ0n) is 14.6. The molecule has 1 aromatic heterocycles. The summed E-state index contributed by atoms with van der Waals surface area (Å²) in [4.78, 5) is 23.7. The Morgan fingerprint density at radius 1 is 1.07 bits per heavy atom. The van der Waals surface area contributed by atoms with Crippen molar-refractivity contribution in [1.29, 1.82) is 5.26 Å². The molecule has 0 saturated carbocycles. The summed E-state index contributed by atoms with van der Waals surface area (Å²) in [5.41, 5.74) is 0.637. The van der Waals surface area contributed by atoms with Crippen LogP contribution < -0.4 is 5.32 Å². The molecular formula is C21H12Cl2N2O4. The summed E-state index contributed by atoms with van der Waals surface area (Å²) in [6.07, 6.45) is 1.26.